The average Bonchev–Trinajstić information content (AvgIpc) is 2.44. The zero-order valence-electron chi connectivity index (χ0n) is 12.3. The van der Waals surface area contributed by atoms with Crippen LogP contribution >= 0.6 is 11.6 Å². The standard InChI is InChI=1S/C14H21ClN4O2/c1-3-6-17-13(20)5-7-18-14(21)10-8-11(15)19-12(9-10)16-4-2/h8-9H,3-7H2,1-2H3,(H,16,19)(H,17,20)(H,18,21). The maximum atomic E-state index is 12.0. The molecule has 0 saturated carbocycles. The molecule has 1 rings (SSSR count). The number of rotatable bonds is 8. The van der Waals surface area contributed by atoms with Crippen molar-refractivity contribution >= 4 is 29.2 Å². The molecule has 0 bridgehead atoms. The van der Waals surface area contributed by atoms with Crippen LogP contribution in [0.25, 0.3) is 0 Å². The number of aromatic nitrogens is 1. The smallest absolute Gasteiger partial charge is 0.251 e. The summed E-state index contributed by atoms with van der Waals surface area (Å²) in [5, 5.41) is 8.69. The van der Waals surface area contributed by atoms with Gasteiger partial charge in [0.1, 0.15) is 11.0 Å². The fourth-order valence-electron chi connectivity index (χ4n) is 1.64. The summed E-state index contributed by atoms with van der Waals surface area (Å²) >= 11 is 5.88. The van der Waals surface area contributed by atoms with Gasteiger partial charge in [-0.25, -0.2) is 4.98 Å². The van der Waals surface area contributed by atoms with Crippen LogP contribution in [0.1, 0.15) is 37.0 Å². The van der Waals surface area contributed by atoms with E-state index in [1.54, 1.807) is 6.07 Å². The van der Waals surface area contributed by atoms with Crippen molar-refractivity contribution in [3.63, 3.8) is 0 Å². The summed E-state index contributed by atoms with van der Waals surface area (Å²) in [6.45, 7) is 5.53. The quantitative estimate of drug-likeness (QED) is 0.639. The molecule has 0 aliphatic rings. The molecular weight excluding hydrogens is 292 g/mol. The Labute approximate surface area is 129 Å². The summed E-state index contributed by atoms with van der Waals surface area (Å²) in [6, 6.07) is 3.12. The van der Waals surface area contributed by atoms with E-state index in [0.717, 1.165) is 6.42 Å². The Morgan fingerprint density at radius 2 is 1.95 bits per heavy atom. The van der Waals surface area contributed by atoms with Crippen molar-refractivity contribution in [2.75, 3.05) is 25.0 Å². The second kappa shape index (κ2) is 9.18. The zero-order chi connectivity index (χ0) is 15.7. The van der Waals surface area contributed by atoms with Crippen LogP contribution in [0.15, 0.2) is 12.1 Å². The molecule has 1 aromatic rings. The Balaban J connectivity index is 2.50. The second-order valence-corrected chi connectivity index (χ2v) is 4.84. The van der Waals surface area contributed by atoms with E-state index in [9.17, 15) is 9.59 Å². The molecule has 116 valence electrons. The van der Waals surface area contributed by atoms with Crippen LogP contribution in [-0.2, 0) is 4.79 Å². The number of pyridine rings is 1. The first-order valence-electron chi connectivity index (χ1n) is 7.03. The van der Waals surface area contributed by atoms with Gasteiger partial charge in [-0.15, -0.1) is 0 Å². The third-order valence-corrected chi connectivity index (χ3v) is 2.82. The predicted octanol–water partition coefficient (Wildman–Crippen LogP) is 1.81. The van der Waals surface area contributed by atoms with E-state index in [2.05, 4.69) is 20.9 Å². The van der Waals surface area contributed by atoms with E-state index in [1.807, 2.05) is 13.8 Å². The predicted molar refractivity (Wildman–Crippen MR) is 83.7 cm³/mol. The van der Waals surface area contributed by atoms with Crippen molar-refractivity contribution in [3.05, 3.63) is 22.8 Å². The Kier molecular flexibility index (Phi) is 7.53. The third kappa shape index (κ3) is 6.44. The summed E-state index contributed by atoms with van der Waals surface area (Å²) in [5.41, 5.74) is 0.417. The molecule has 0 aliphatic carbocycles. The van der Waals surface area contributed by atoms with Crippen LogP contribution in [0.5, 0.6) is 0 Å². The van der Waals surface area contributed by atoms with E-state index in [0.29, 0.717) is 24.5 Å². The normalized spacial score (nSPS) is 10.0. The number of nitrogens with one attached hydrogen (secondary N) is 3. The summed E-state index contributed by atoms with van der Waals surface area (Å²) < 4.78 is 0. The highest BCUT2D eigenvalue weighted by molar-refractivity contribution is 6.29. The number of halogens is 1. The molecule has 21 heavy (non-hydrogen) atoms. The number of amides is 2. The van der Waals surface area contributed by atoms with E-state index in [4.69, 9.17) is 11.6 Å². The maximum Gasteiger partial charge on any atom is 0.251 e. The first-order chi connectivity index (χ1) is 10.1. The zero-order valence-corrected chi connectivity index (χ0v) is 13.1. The highest BCUT2D eigenvalue weighted by Crippen LogP contribution is 2.14. The maximum absolute atomic E-state index is 12.0. The molecule has 0 atom stereocenters. The van der Waals surface area contributed by atoms with E-state index in [1.165, 1.54) is 6.07 Å². The van der Waals surface area contributed by atoms with Crippen molar-refractivity contribution < 1.29 is 9.59 Å². The van der Waals surface area contributed by atoms with Crippen molar-refractivity contribution in [2.24, 2.45) is 0 Å². The minimum Gasteiger partial charge on any atom is -0.370 e. The van der Waals surface area contributed by atoms with Crippen LogP contribution in [0, 0.1) is 0 Å². The number of nitrogens with zero attached hydrogens (tertiary/aromatic N) is 1. The molecule has 1 heterocycles. The Hall–Kier alpha value is -1.82. The van der Waals surface area contributed by atoms with Crippen molar-refractivity contribution in [1.82, 2.24) is 15.6 Å². The van der Waals surface area contributed by atoms with Crippen molar-refractivity contribution in [2.45, 2.75) is 26.7 Å². The molecule has 0 spiro atoms. The van der Waals surface area contributed by atoms with Crippen molar-refractivity contribution in [1.29, 1.82) is 0 Å². The van der Waals surface area contributed by atoms with E-state index < -0.39 is 0 Å². The minimum atomic E-state index is -0.276. The number of carbonyl (C=O) groups excluding carboxylic acids is 2. The summed E-state index contributed by atoms with van der Waals surface area (Å²) in [7, 11) is 0. The lowest BCUT2D eigenvalue weighted by Gasteiger charge is -2.08. The van der Waals surface area contributed by atoms with Gasteiger partial charge in [-0.1, -0.05) is 18.5 Å². The lowest BCUT2D eigenvalue weighted by Crippen LogP contribution is -2.31. The molecule has 2 amide bonds. The Bertz CT molecular complexity index is 494. The summed E-state index contributed by atoms with van der Waals surface area (Å²) in [6.07, 6.45) is 1.14. The van der Waals surface area contributed by atoms with Gasteiger partial charge in [0, 0.05) is 31.6 Å². The molecule has 0 fully saturated rings. The Morgan fingerprint density at radius 3 is 2.62 bits per heavy atom. The first-order valence-corrected chi connectivity index (χ1v) is 7.41. The molecule has 0 radical (unpaired) electrons. The van der Waals surface area contributed by atoms with Gasteiger partial charge >= 0.3 is 0 Å². The van der Waals surface area contributed by atoms with Gasteiger partial charge in [0.2, 0.25) is 5.91 Å². The molecule has 6 nitrogen and oxygen atoms in total. The van der Waals surface area contributed by atoms with Gasteiger partial charge in [-0.2, -0.15) is 0 Å². The fourth-order valence-corrected chi connectivity index (χ4v) is 1.85. The fraction of sp³-hybridized carbons (Fsp3) is 0.500. The number of hydrogen-bond acceptors (Lipinski definition) is 4. The monoisotopic (exact) mass is 312 g/mol. The molecule has 1 aromatic heterocycles. The number of anilines is 1. The topological polar surface area (TPSA) is 83.1 Å². The van der Waals surface area contributed by atoms with Crippen LogP contribution < -0.4 is 16.0 Å². The SMILES string of the molecule is CCCNC(=O)CCNC(=O)c1cc(Cl)nc(NCC)c1. The van der Waals surface area contributed by atoms with Gasteiger partial charge < -0.3 is 16.0 Å². The third-order valence-electron chi connectivity index (χ3n) is 2.62. The highest BCUT2D eigenvalue weighted by Gasteiger charge is 2.09. The molecule has 0 aliphatic heterocycles. The van der Waals surface area contributed by atoms with Crippen LogP contribution in [-0.4, -0.2) is 36.4 Å². The summed E-state index contributed by atoms with van der Waals surface area (Å²) in [4.78, 5) is 27.5. The van der Waals surface area contributed by atoms with Crippen LogP contribution in [0.3, 0.4) is 0 Å². The Morgan fingerprint density at radius 1 is 1.19 bits per heavy atom. The lowest BCUT2D eigenvalue weighted by atomic mass is 10.2. The highest BCUT2D eigenvalue weighted by atomic mass is 35.5. The van der Waals surface area contributed by atoms with Gasteiger partial charge in [0.05, 0.1) is 0 Å². The number of hydrogen-bond donors (Lipinski definition) is 3. The van der Waals surface area contributed by atoms with E-state index >= 15 is 0 Å². The summed E-state index contributed by atoms with van der Waals surface area (Å²) in [5.74, 6) is 0.204. The van der Waals surface area contributed by atoms with Crippen LogP contribution in [0.4, 0.5) is 5.82 Å². The lowest BCUT2D eigenvalue weighted by molar-refractivity contribution is -0.120. The largest absolute Gasteiger partial charge is 0.370 e. The van der Waals surface area contributed by atoms with Gasteiger partial charge in [-0.05, 0) is 25.5 Å². The average molecular weight is 313 g/mol. The molecule has 7 heteroatoms. The van der Waals surface area contributed by atoms with Crippen molar-refractivity contribution in [3.8, 4) is 0 Å². The van der Waals surface area contributed by atoms with E-state index in [-0.39, 0.29) is 29.9 Å². The molecule has 3 N–H and O–H groups in total. The minimum absolute atomic E-state index is 0.0711. The van der Waals surface area contributed by atoms with Gasteiger partial charge in [0.25, 0.3) is 5.91 Å². The molecular formula is C14H21ClN4O2. The van der Waals surface area contributed by atoms with Crippen LogP contribution in [0.2, 0.25) is 5.15 Å². The first kappa shape index (κ1) is 17.2. The molecule has 0 saturated heterocycles. The second-order valence-electron chi connectivity index (χ2n) is 4.45. The van der Waals surface area contributed by atoms with Gasteiger partial charge in [0.15, 0.2) is 0 Å². The number of carbonyl (C=O) groups is 2. The van der Waals surface area contributed by atoms with Gasteiger partial charge in [-0.3, -0.25) is 9.59 Å². The molecule has 0 aromatic carbocycles. The molecule has 0 unspecified atom stereocenters.